The second kappa shape index (κ2) is 5.65. The fourth-order valence-corrected chi connectivity index (χ4v) is 5.19. The normalized spacial score (nSPS) is 13.3. The molecule has 5 nitrogen and oxygen atoms in total. The number of sulfonamides is 1. The Morgan fingerprint density at radius 2 is 2.15 bits per heavy atom. The Balaban J connectivity index is 2.29. The number of hydrogen-bond donors (Lipinski definition) is 2. The molecule has 1 atom stereocenters. The third-order valence-electron chi connectivity index (χ3n) is 2.67. The van der Waals surface area contributed by atoms with Gasteiger partial charge in [0.2, 0.25) is 10.0 Å². The van der Waals surface area contributed by atoms with E-state index in [4.69, 9.17) is 5.11 Å². The van der Waals surface area contributed by atoms with E-state index in [1.54, 1.807) is 13.8 Å². The number of thiophene rings is 2. The Hall–Kier alpha value is -1.22. The van der Waals surface area contributed by atoms with Crippen molar-refractivity contribution in [3.05, 3.63) is 38.2 Å². The van der Waals surface area contributed by atoms with E-state index in [0.29, 0.717) is 4.88 Å². The van der Waals surface area contributed by atoms with Crippen LogP contribution in [0.1, 0.15) is 32.4 Å². The Morgan fingerprint density at radius 1 is 1.45 bits per heavy atom. The van der Waals surface area contributed by atoms with Crippen molar-refractivity contribution in [3.8, 4) is 0 Å². The highest BCUT2D eigenvalue weighted by Gasteiger charge is 2.24. The summed E-state index contributed by atoms with van der Waals surface area (Å²) in [4.78, 5) is 12.3. The Morgan fingerprint density at radius 3 is 2.65 bits per heavy atom. The topological polar surface area (TPSA) is 83.5 Å². The minimum absolute atomic E-state index is 0.0200. The van der Waals surface area contributed by atoms with Crippen molar-refractivity contribution in [2.45, 2.75) is 24.8 Å². The molecule has 2 heterocycles. The van der Waals surface area contributed by atoms with Gasteiger partial charge in [0, 0.05) is 9.75 Å². The van der Waals surface area contributed by atoms with Crippen molar-refractivity contribution in [1.29, 1.82) is 0 Å². The summed E-state index contributed by atoms with van der Waals surface area (Å²) < 4.78 is 27.2. The van der Waals surface area contributed by atoms with E-state index in [9.17, 15) is 13.2 Å². The molecule has 0 aliphatic heterocycles. The van der Waals surface area contributed by atoms with E-state index in [1.807, 2.05) is 17.5 Å². The van der Waals surface area contributed by atoms with Crippen molar-refractivity contribution in [1.82, 2.24) is 4.72 Å². The average molecular weight is 331 g/mol. The van der Waals surface area contributed by atoms with Gasteiger partial charge in [0.25, 0.3) is 0 Å². The van der Waals surface area contributed by atoms with Crippen LogP contribution in [0.25, 0.3) is 0 Å². The molecular weight excluding hydrogens is 318 g/mol. The molecule has 2 aromatic rings. The molecular formula is C12H13NO4S3. The number of carboxylic acids is 1. The maximum Gasteiger partial charge on any atom is 0.345 e. The number of carboxylic acid groups (broad SMARTS) is 1. The van der Waals surface area contributed by atoms with Gasteiger partial charge in [-0.1, -0.05) is 6.07 Å². The van der Waals surface area contributed by atoms with Crippen molar-refractivity contribution in [2.75, 3.05) is 0 Å². The van der Waals surface area contributed by atoms with E-state index >= 15 is 0 Å². The lowest BCUT2D eigenvalue weighted by Crippen LogP contribution is -2.26. The van der Waals surface area contributed by atoms with Crippen LogP contribution in [0.4, 0.5) is 0 Å². The smallest absolute Gasteiger partial charge is 0.345 e. The van der Waals surface area contributed by atoms with Crippen molar-refractivity contribution < 1.29 is 18.3 Å². The largest absolute Gasteiger partial charge is 0.477 e. The monoisotopic (exact) mass is 331 g/mol. The van der Waals surface area contributed by atoms with E-state index in [1.165, 1.54) is 17.4 Å². The van der Waals surface area contributed by atoms with Crippen molar-refractivity contribution in [2.24, 2.45) is 0 Å². The molecule has 0 aliphatic carbocycles. The van der Waals surface area contributed by atoms with Crippen LogP contribution in [0.3, 0.4) is 0 Å². The first-order chi connectivity index (χ1) is 9.31. The van der Waals surface area contributed by atoms with Gasteiger partial charge in [-0.2, -0.15) is 0 Å². The average Bonchev–Trinajstić information content (AvgIpc) is 2.96. The zero-order valence-corrected chi connectivity index (χ0v) is 13.2. The van der Waals surface area contributed by atoms with Crippen LogP contribution in [-0.4, -0.2) is 19.5 Å². The van der Waals surface area contributed by atoms with Crippen molar-refractivity contribution in [3.63, 3.8) is 0 Å². The number of aryl methyl sites for hydroxylation is 1. The molecule has 0 fully saturated rings. The molecule has 0 bridgehead atoms. The predicted octanol–water partition coefficient (Wildman–Crippen LogP) is 2.86. The predicted molar refractivity (Wildman–Crippen MR) is 79.1 cm³/mol. The summed E-state index contributed by atoms with van der Waals surface area (Å²) in [5.41, 5.74) is 0. The van der Waals surface area contributed by atoms with Gasteiger partial charge in [0.05, 0.1) is 10.9 Å². The van der Waals surface area contributed by atoms with E-state index in [2.05, 4.69) is 4.72 Å². The molecule has 20 heavy (non-hydrogen) atoms. The Kier molecular flexibility index (Phi) is 4.28. The second-order valence-electron chi connectivity index (χ2n) is 4.19. The van der Waals surface area contributed by atoms with E-state index < -0.39 is 16.0 Å². The van der Waals surface area contributed by atoms with Gasteiger partial charge in [0.15, 0.2) is 0 Å². The van der Waals surface area contributed by atoms with Crippen LogP contribution in [0.5, 0.6) is 0 Å². The maximum absolute atomic E-state index is 12.3. The molecule has 0 saturated carbocycles. The summed E-state index contributed by atoms with van der Waals surface area (Å²) >= 11 is 2.42. The third-order valence-corrected chi connectivity index (χ3v) is 6.56. The first-order valence-electron chi connectivity index (χ1n) is 5.70. The molecule has 0 amide bonds. The van der Waals surface area contributed by atoms with Crippen LogP contribution < -0.4 is 4.72 Å². The number of aromatic carboxylic acids is 1. The van der Waals surface area contributed by atoms with Crippen LogP contribution in [-0.2, 0) is 10.0 Å². The fraction of sp³-hybridized carbons (Fsp3) is 0.250. The molecule has 0 saturated heterocycles. The van der Waals surface area contributed by atoms with Gasteiger partial charge in [-0.05, 0) is 31.4 Å². The molecule has 2 N–H and O–H groups in total. The first kappa shape index (κ1) is 15.2. The van der Waals surface area contributed by atoms with Crippen LogP contribution in [0, 0.1) is 6.92 Å². The van der Waals surface area contributed by atoms with E-state index in [-0.39, 0.29) is 15.8 Å². The summed E-state index contributed by atoms with van der Waals surface area (Å²) in [7, 11) is -3.73. The summed E-state index contributed by atoms with van der Waals surface area (Å²) in [6, 6.07) is 4.54. The quantitative estimate of drug-likeness (QED) is 0.882. The number of carbonyl (C=O) groups is 1. The maximum atomic E-state index is 12.3. The highest BCUT2D eigenvalue weighted by molar-refractivity contribution is 7.89. The van der Waals surface area contributed by atoms with Gasteiger partial charge in [0.1, 0.15) is 4.88 Å². The van der Waals surface area contributed by atoms with Crippen molar-refractivity contribution >= 4 is 38.7 Å². The van der Waals surface area contributed by atoms with Crippen LogP contribution in [0.15, 0.2) is 28.5 Å². The zero-order valence-electron chi connectivity index (χ0n) is 10.8. The van der Waals surface area contributed by atoms with E-state index in [0.717, 1.165) is 16.2 Å². The van der Waals surface area contributed by atoms with Gasteiger partial charge >= 0.3 is 5.97 Å². The zero-order chi connectivity index (χ0) is 14.9. The minimum atomic E-state index is -3.73. The fourth-order valence-electron chi connectivity index (χ4n) is 1.73. The molecule has 0 radical (unpaired) electrons. The molecule has 8 heteroatoms. The summed E-state index contributed by atoms with van der Waals surface area (Å²) in [6.07, 6.45) is 0. The summed E-state index contributed by atoms with van der Waals surface area (Å²) in [5.74, 6) is -1.12. The minimum Gasteiger partial charge on any atom is -0.477 e. The van der Waals surface area contributed by atoms with Gasteiger partial charge in [-0.3, -0.25) is 0 Å². The molecule has 0 aromatic carbocycles. The molecule has 2 rings (SSSR count). The molecule has 2 aromatic heterocycles. The molecule has 0 spiro atoms. The summed E-state index contributed by atoms with van der Waals surface area (Å²) in [5, 5.41) is 10.8. The standard InChI is InChI=1S/C12H13NO4S3/c1-7(9-4-3-5-18-9)13-20(16,17)11-6-10(12(14)15)19-8(11)2/h3-7,13H,1-2H3,(H,14,15)/t7-/m1/s1. The lowest BCUT2D eigenvalue weighted by molar-refractivity contribution is 0.0702. The van der Waals surface area contributed by atoms with Crippen LogP contribution in [0.2, 0.25) is 0 Å². The number of hydrogen-bond acceptors (Lipinski definition) is 5. The van der Waals surface area contributed by atoms with Gasteiger partial charge in [-0.15, -0.1) is 22.7 Å². The Labute approximate surface area is 124 Å². The van der Waals surface area contributed by atoms with Gasteiger partial charge < -0.3 is 5.11 Å². The lowest BCUT2D eigenvalue weighted by atomic mass is 10.3. The lowest BCUT2D eigenvalue weighted by Gasteiger charge is -2.12. The summed E-state index contributed by atoms with van der Waals surface area (Å²) in [6.45, 7) is 3.35. The Bertz CT molecular complexity index is 716. The second-order valence-corrected chi connectivity index (χ2v) is 8.11. The first-order valence-corrected chi connectivity index (χ1v) is 8.88. The third kappa shape index (κ3) is 3.09. The van der Waals surface area contributed by atoms with Gasteiger partial charge in [-0.25, -0.2) is 17.9 Å². The highest BCUT2D eigenvalue weighted by Crippen LogP contribution is 2.27. The van der Waals surface area contributed by atoms with Crippen LogP contribution >= 0.6 is 22.7 Å². The molecule has 0 unspecified atom stereocenters. The molecule has 108 valence electrons. The molecule has 0 aliphatic rings. The number of rotatable bonds is 5. The number of nitrogens with one attached hydrogen (secondary N) is 1. The SMILES string of the molecule is Cc1sc(C(=O)O)cc1S(=O)(=O)N[C@H](C)c1cccs1. The highest BCUT2D eigenvalue weighted by atomic mass is 32.2.